The molecule has 1 amide bonds. The third kappa shape index (κ3) is 3.60. The maximum atomic E-state index is 13.5. The number of rotatable bonds is 7. The van der Waals surface area contributed by atoms with E-state index in [2.05, 4.69) is 35.6 Å². The standard InChI is InChI=1S/C27H33NO3/c1-30-23-9-8-19(13-24(23)31-2)10-11-28-25(29)27-16-20-12-21(17-27)15-26(14-20,18-27)22-6-4-3-5-7-22/h3-9,13,20-21H,10-12,14-18H2,1-2H3,(H,28,29)/t20-,21-,26?,27?/m0/s1. The number of hydrogen-bond acceptors (Lipinski definition) is 3. The van der Waals surface area contributed by atoms with Crippen molar-refractivity contribution in [2.75, 3.05) is 20.8 Å². The van der Waals surface area contributed by atoms with Gasteiger partial charge in [0, 0.05) is 6.54 Å². The van der Waals surface area contributed by atoms with E-state index in [9.17, 15) is 4.79 Å². The van der Waals surface area contributed by atoms with Crippen molar-refractivity contribution in [3.63, 3.8) is 0 Å². The van der Waals surface area contributed by atoms with Crippen molar-refractivity contribution < 1.29 is 14.3 Å². The highest BCUT2D eigenvalue weighted by molar-refractivity contribution is 5.83. The minimum Gasteiger partial charge on any atom is -0.493 e. The zero-order valence-corrected chi connectivity index (χ0v) is 18.7. The molecule has 4 aliphatic rings. The minimum absolute atomic E-state index is 0.183. The topological polar surface area (TPSA) is 47.6 Å². The Balaban J connectivity index is 1.28. The molecule has 4 nitrogen and oxygen atoms in total. The lowest BCUT2D eigenvalue weighted by Gasteiger charge is -2.61. The molecule has 0 spiro atoms. The van der Waals surface area contributed by atoms with E-state index in [4.69, 9.17) is 9.47 Å². The summed E-state index contributed by atoms with van der Waals surface area (Å²) in [5, 5.41) is 3.31. The number of carbonyl (C=O) groups is 1. The van der Waals surface area contributed by atoms with Crippen LogP contribution < -0.4 is 14.8 Å². The number of hydrogen-bond donors (Lipinski definition) is 1. The van der Waals surface area contributed by atoms with Gasteiger partial charge in [0.15, 0.2) is 11.5 Å². The molecule has 0 unspecified atom stereocenters. The van der Waals surface area contributed by atoms with Gasteiger partial charge < -0.3 is 14.8 Å². The molecular formula is C27H33NO3. The Bertz CT molecular complexity index is 940. The van der Waals surface area contributed by atoms with Gasteiger partial charge in [-0.1, -0.05) is 36.4 Å². The number of carbonyl (C=O) groups excluding carboxylic acids is 1. The molecule has 2 atom stereocenters. The number of nitrogens with one attached hydrogen (secondary N) is 1. The monoisotopic (exact) mass is 419 g/mol. The molecular weight excluding hydrogens is 386 g/mol. The lowest BCUT2D eigenvalue weighted by atomic mass is 9.42. The van der Waals surface area contributed by atoms with Crippen molar-refractivity contribution in [2.24, 2.45) is 17.3 Å². The molecule has 4 fully saturated rings. The van der Waals surface area contributed by atoms with Crippen LogP contribution in [0.25, 0.3) is 0 Å². The summed E-state index contributed by atoms with van der Waals surface area (Å²) in [7, 11) is 3.30. The predicted octanol–water partition coefficient (Wildman–Crippen LogP) is 4.90. The van der Waals surface area contributed by atoms with Crippen molar-refractivity contribution in [1.29, 1.82) is 0 Å². The Kier molecular flexibility index (Phi) is 5.19. The zero-order chi connectivity index (χ0) is 21.5. The summed E-state index contributed by atoms with van der Waals surface area (Å²) >= 11 is 0. The van der Waals surface area contributed by atoms with E-state index in [-0.39, 0.29) is 16.7 Å². The van der Waals surface area contributed by atoms with Crippen LogP contribution in [0.15, 0.2) is 48.5 Å². The molecule has 0 radical (unpaired) electrons. The predicted molar refractivity (Wildman–Crippen MR) is 121 cm³/mol. The molecule has 164 valence electrons. The Morgan fingerprint density at radius 2 is 1.68 bits per heavy atom. The van der Waals surface area contributed by atoms with Crippen LogP contribution in [0.2, 0.25) is 0 Å². The summed E-state index contributed by atoms with van der Waals surface area (Å²) < 4.78 is 10.7. The fourth-order valence-electron chi connectivity index (χ4n) is 7.20. The Morgan fingerprint density at radius 1 is 0.968 bits per heavy atom. The summed E-state index contributed by atoms with van der Waals surface area (Å²) in [4.78, 5) is 13.5. The zero-order valence-electron chi connectivity index (χ0n) is 18.7. The normalized spacial score (nSPS) is 30.8. The van der Waals surface area contributed by atoms with Crippen LogP contribution in [0.1, 0.15) is 49.7 Å². The third-order valence-corrected chi connectivity index (χ3v) is 8.08. The molecule has 4 heteroatoms. The minimum atomic E-state index is -0.183. The number of ether oxygens (including phenoxy) is 2. The van der Waals surface area contributed by atoms with Crippen molar-refractivity contribution >= 4 is 5.91 Å². The van der Waals surface area contributed by atoms with E-state index < -0.39 is 0 Å². The van der Waals surface area contributed by atoms with E-state index in [0.717, 1.165) is 42.7 Å². The van der Waals surface area contributed by atoms with Gasteiger partial charge in [-0.05, 0) is 85.5 Å². The van der Waals surface area contributed by atoms with Gasteiger partial charge >= 0.3 is 0 Å². The summed E-state index contributed by atoms with van der Waals surface area (Å²) in [5.41, 5.74) is 2.61. The molecule has 4 bridgehead atoms. The summed E-state index contributed by atoms with van der Waals surface area (Å²) in [6.45, 7) is 0.656. The summed E-state index contributed by atoms with van der Waals surface area (Å²) in [6.07, 6.45) is 7.77. The van der Waals surface area contributed by atoms with E-state index in [1.807, 2.05) is 18.2 Å². The SMILES string of the molecule is COc1ccc(CCNC(=O)C23C[C@H]4C[C@H](C2)CC(c2ccccc2)(C4)C3)cc1OC. The van der Waals surface area contributed by atoms with Crippen LogP contribution in [-0.2, 0) is 16.6 Å². The van der Waals surface area contributed by atoms with Gasteiger partial charge in [0.05, 0.1) is 19.6 Å². The fourth-order valence-corrected chi connectivity index (χ4v) is 7.20. The van der Waals surface area contributed by atoms with E-state index in [0.29, 0.717) is 18.4 Å². The van der Waals surface area contributed by atoms with E-state index in [1.54, 1.807) is 14.2 Å². The average molecular weight is 420 g/mol. The van der Waals surface area contributed by atoms with Gasteiger partial charge in [-0.25, -0.2) is 0 Å². The summed E-state index contributed by atoms with van der Waals surface area (Å²) in [5.74, 6) is 3.13. The molecule has 4 saturated carbocycles. The average Bonchev–Trinajstić information content (AvgIpc) is 2.78. The molecule has 6 rings (SSSR count). The lowest BCUT2D eigenvalue weighted by molar-refractivity contribution is -0.149. The highest BCUT2D eigenvalue weighted by Crippen LogP contribution is 2.65. The first-order valence-corrected chi connectivity index (χ1v) is 11.6. The van der Waals surface area contributed by atoms with Gasteiger partial charge in [0.2, 0.25) is 5.91 Å². The molecule has 4 aliphatic carbocycles. The highest BCUT2D eigenvalue weighted by atomic mass is 16.5. The molecule has 2 aromatic rings. The fraction of sp³-hybridized carbons (Fsp3) is 0.519. The van der Waals surface area contributed by atoms with Crippen LogP contribution in [0.4, 0.5) is 0 Å². The van der Waals surface area contributed by atoms with Crippen LogP contribution >= 0.6 is 0 Å². The van der Waals surface area contributed by atoms with Crippen LogP contribution in [0.3, 0.4) is 0 Å². The smallest absolute Gasteiger partial charge is 0.226 e. The Labute approximate surface area is 185 Å². The molecule has 1 N–H and O–H groups in total. The lowest BCUT2D eigenvalue weighted by Crippen LogP contribution is -2.59. The van der Waals surface area contributed by atoms with Crippen LogP contribution in [0, 0.1) is 17.3 Å². The second-order valence-electron chi connectivity index (χ2n) is 10.1. The molecule has 0 aliphatic heterocycles. The first-order valence-electron chi connectivity index (χ1n) is 11.6. The maximum absolute atomic E-state index is 13.5. The number of amides is 1. The summed E-state index contributed by atoms with van der Waals surface area (Å²) in [6, 6.07) is 17.0. The van der Waals surface area contributed by atoms with Gasteiger partial charge in [-0.2, -0.15) is 0 Å². The Morgan fingerprint density at radius 3 is 2.35 bits per heavy atom. The molecule has 0 saturated heterocycles. The molecule has 0 aromatic heterocycles. The third-order valence-electron chi connectivity index (χ3n) is 8.08. The number of benzene rings is 2. The van der Waals surface area contributed by atoms with Crippen molar-refractivity contribution in [3.05, 3.63) is 59.7 Å². The van der Waals surface area contributed by atoms with Gasteiger partial charge in [0.1, 0.15) is 0 Å². The first kappa shape index (κ1) is 20.4. The van der Waals surface area contributed by atoms with E-state index in [1.165, 1.54) is 24.8 Å². The highest BCUT2D eigenvalue weighted by Gasteiger charge is 2.60. The van der Waals surface area contributed by atoms with Crippen molar-refractivity contribution in [3.8, 4) is 11.5 Å². The van der Waals surface area contributed by atoms with Gasteiger partial charge in [-0.3, -0.25) is 4.79 Å². The van der Waals surface area contributed by atoms with Crippen LogP contribution in [0.5, 0.6) is 11.5 Å². The Hall–Kier alpha value is -2.49. The van der Waals surface area contributed by atoms with E-state index >= 15 is 0 Å². The first-order chi connectivity index (χ1) is 15.1. The van der Waals surface area contributed by atoms with Gasteiger partial charge in [0.25, 0.3) is 0 Å². The number of methoxy groups -OCH3 is 2. The largest absolute Gasteiger partial charge is 0.493 e. The van der Waals surface area contributed by atoms with Crippen LogP contribution in [-0.4, -0.2) is 26.7 Å². The van der Waals surface area contributed by atoms with Gasteiger partial charge in [-0.15, -0.1) is 0 Å². The second kappa shape index (κ2) is 7.89. The molecule has 0 heterocycles. The van der Waals surface area contributed by atoms with Crippen molar-refractivity contribution in [2.45, 2.75) is 50.4 Å². The maximum Gasteiger partial charge on any atom is 0.226 e. The second-order valence-corrected chi connectivity index (χ2v) is 10.1. The quantitative estimate of drug-likeness (QED) is 0.694. The molecule has 31 heavy (non-hydrogen) atoms. The van der Waals surface area contributed by atoms with Crippen molar-refractivity contribution in [1.82, 2.24) is 5.32 Å². The molecule has 2 aromatic carbocycles.